The Morgan fingerprint density at radius 3 is 2.74 bits per heavy atom. The number of aromatic nitrogens is 4. The number of fused-ring (bicyclic) bond motifs is 1. The maximum Gasteiger partial charge on any atom is 0.323 e. The van der Waals surface area contributed by atoms with Crippen molar-refractivity contribution in [3.8, 4) is 5.75 Å². The predicted octanol–water partition coefficient (Wildman–Crippen LogP) is 2.85. The van der Waals surface area contributed by atoms with E-state index in [0.717, 1.165) is 0 Å². The number of carbonyl (C=O) groups is 1. The minimum absolute atomic E-state index is 0.309. The largest absolute Gasteiger partial charge is 0.468 e. The molecule has 1 aliphatic rings. The van der Waals surface area contributed by atoms with Crippen LogP contribution in [0.15, 0.2) is 36.7 Å². The highest BCUT2D eigenvalue weighted by atomic mass is 35.5. The van der Waals surface area contributed by atoms with E-state index in [1.807, 2.05) is 0 Å². The SMILES string of the molecule is CNc1nc(C)nc2c1ncn2[C@@H]1O[C@](CCl)(CO[P@@](=S)(N[C@@H](C)C(=O)OC)Oc2ccccc2)[C@@H](O)[C@@H]1F. The fourth-order valence-corrected chi connectivity index (χ4v) is 6.79. The lowest BCUT2D eigenvalue weighted by atomic mass is 9.99. The predicted molar refractivity (Wildman–Crippen MR) is 146 cm³/mol. The summed E-state index contributed by atoms with van der Waals surface area (Å²) in [7, 11) is 2.92. The number of aliphatic hydroxyl groups is 1. The molecule has 12 nitrogen and oxygen atoms in total. The molecule has 0 radical (unpaired) electrons. The Hall–Kier alpha value is -2.45. The molecule has 3 N–H and O–H groups in total. The number of alkyl halides is 2. The zero-order valence-electron chi connectivity index (χ0n) is 21.6. The molecule has 212 valence electrons. The van der Waals surface area contributed by atoms with Gasteiger partial charge in [0.1, 0.15) is 29.3 Å². The summed E-state index contributed by atoms with van der Waals surface area (Å²) in [5.74, 6) is 0.323. The first-order valence-corrected chi connectivity index (χ1v) is 15.0. The van der Waals surface area contributed by atoms with Gasteiger partial charge in [-0.25, -0.2) is 24.4 Å². The van der Waals surface area contributed by atoms with Crippen LogP contribution in [0.25, 0.3) is 11.2 Å². The van der Waals surface area contributed by atoms with Gasteiger partial charge < -0.3 is 28.9 Å². The third-order valence-electron chi connectivity index (χ3n) is 6.09. The normalized spacial score (nSPS) is 25.3. The average molecular weight is 603 g/mol. The summed E-state index contributed by atoms with van der Waals surface area (Å²) in [5.41, 5.74) is -1.01. The van der Waals surface area contributed by atoms with Crippen molar-refractivity contribution >= 4 is 53.0 Å². The molecule has 1 saturated heterocycles. The second-order valence-corrected chi connectivity index (χ2v) is 12.2. The second-order valence-electron chi connectivity index (χ2n) is 8.84. The number of nitrogens with zero attached hydrogens (tertiary/aromatic N) is 4. The van der Waals surface area contributed by atoms with Gasteiger partial charge in [-0.1, -0.05) is 18.2 Å². The lowest BCUT2D eigenvalue weighted by molar-refractivity contribution is -0.142. The number of hydrogen-bond acceptors (Lipinski definition) is 11. The van der Waals surface area contributed by atoms with E-state index in [1.165, 1.54) is 24.9 Å². The first-order valence-electron chi connectivity index (χ1n) is 11.9. The lowest BCUT2D eigenvalue weighted by Crippen LogP contribution is -2.48. The number of benzene rings is 1. The highest BCUT2D eigenvalue weighted by Gasteiger charge is 2.57. The zero-order chi connectivity index (χ0) is 28.4. The van der Waals surface area contributed by atoms with Crippen molar-refractivity contribution in [2.24, 2.45) is 0 Å². The third-order valence-corrected chi connectivity index (χ3v) is 9.03. The average Bonchev–Trinajstić information content (AvgIpc) is 3.45. The van der Waals surface area contributed by atoms with Crippen molar-refractivity contribution in [3.63, 3.8) is 0 Å². The van der Waals surface area contributed by atoms with Crippen LogP contribution in [0.2, 0.25) is 0 Å². The minimum atomic E-state index is -3.49. The van der Waals surface area contributed by atoms with E-state index in [4.69, 9.17) is 41.9 Å². The number of imidazole rings is 1. The molecule has 4 rings (SSSR count). The van der Waals surface area contributed by atoms with Crippen LogP contribution in [0, 0.1) is 6.92 Å². The molecule has 0 unspecified atom stereocenters. The number of aryl methyl sites for hydroxylation is 1. The first kappa shape index (κ1) is 29.5. The fraction of sp³-hybridized carbons (Fsp3) is 0.478. The van der Waals surface area contributed by atoms with E-state index in [9.17, 15) is 9.90 Å². The molecule has 3 aromatic rings. The zero-order valence-corrected chi connectivity index (χ0v) is 24.0. The second kappa shape index (κ2) is 12.0. The van der Waals surface area contributed by atoms with Crippen LogP contribution >= 0.6 is 18.2 Å². The van der Waals surface area contributed by atoms with Crippen molar-refractivity contribution < 1.29 is 32.8 Å². The Labute approximate surface area is 234 Å². The maximum absolute atomic E-state index is 15.6. The third kappa shape index (κ3) is 6.02. The number of rotatable bonds is 11. The summed E-state index contributed by atoms with van der Waals surface area (Å²) in [6.45, 7) is -0.729. The number of esters is 1. The van der Waals surface area contributed by atoms with Gasteiger partial charge in [-0.2, -0.15) is 0 Å². The van der Waals surface area contributed by atoms with E-state index in [1.54, 1.807) is 44.3 Å². The van der Waals surface area contributed by atoms with Crippen molar-refractivity contribution in [3.05, 3.63) is 42.5 Å². The first-order chi connectivity index (χ1) is 18.6. The number of hydrogen-bond donors (Lipinski definition) is 3. The number of carbonyl (C=O) groups excluding carboxylic acids is 1. The number of methoxy groups -OCH3 is 1. The fourth-order valence-electron chi connectivity index (χ4n) is 4.06. The molecule has 0 amide bonds. The lowest BCUT2D eigenvalue weighted by Gasteiger charge is -2.33. The Morgan fingerprint density at radius 2 is 2.10 bits per heavy atom. The quantitative estimate of drug-likeness (QED) is 0.169. The maximum atomic E-state index is 15.6. The molecular formula is C23H29ClFN6O6PS. The van der Waals surface area contributed by atoms with Crippen LogP contribution in [-0.4, -0.2) is 81.2 Å². The van der Waals surface area contributed by atoms with Crippen LogP contribution in [0.1, 0.15) is 19.0 Å². The number of halogens is 2. The molecule has 16 heteroatoms. The molecule has 6 atom stereocenters. The molecule has 0 saturated carbocycles. The number of aliphatic hydroxyl groups excluding tert-OH is 1. The molecule has 0 bridgehead atoms. The topological polar surface area (TPSA) is 142 Å². The Bertz CT molecular complexity index is 1370. The minimum Gasteiger partial charge on any atom is -0.468 e. The van der Waals surface area contributed by atoms with Gasteiger partial charge in [0.05, 0.1) is 25.9 Å². The van der Waals surface area contributed by atoms with Gasteiger partial charge in [0.2, 0.25) is 0 Å². The van der Waals surface area contributed by atoms with Gasteiger partial charge in [-0.05, 0) is 37.8 Å². The molecule has 1 aromatic carbocycles. The van der Waals surface area contributed by atoms with E-state index in [0.29, 0.717) is 28.6 Å². The summed E-state index contributed by atoms with van der Waals surface area (Å²) in [4.78, 5) is 25.0. The molecule has 1 aliphatic heterocycles. The summed E-state index contributed by atoms with van der Waals surface area (Å²) in [6.07, 6.45) is -3.60. The molecular weight excluding hydrogens is 574 g/mol. The van der Waals surface area contributed by atoms with Gasteiger partial charge in [0.25, 0.3) is 0 Å². The van der Waals surface area contributed by atoms with Gasteiger partial charge in [-0.3, -0.25) is 9.36 Å². The number of anilines is 1. The number of para-hydroxylation sites is 1. The molecule has 3 heterocycles. The highest BCUT2D eigenvalue weighted by Crippen LogP contribution is 2.49. The number of ether oxygens (including phenoxy) is 2. The standard InChI is InChI=1S/C23H29ClFN6O6PS/c1-13(22(33)34-4)30-38(39,37-15-8-6-5-7-9-15)35-11-23(10-24)18(32)16(25)21(36-23)31-12-27-17-19(26-3)28-14(2)29-20(17)31/h5-9,12-13,16,18,21,32H,10-11H2,1-4H3,(H,30,39)(H,26,28,29)/t13-,16-,18-,21+,23+,38-/m0/s1. The molecule has 0 aliphatic carbocycles. The van der Waals surface area contributed by atoms with E-state index in [-0.39, 0.29) is 5.88 Å². The van der Waals surface area contributed by atoms with Crippen molar-refractivity contribution in [1.29, 1.82) is 0 Å². The van der Waals surface area contributed by atoms with E-state index < -0.39 is 49.4 Å². The molecule has 0 spiro atoms. The van der Waals surface area contributed by atoms with Gasteiger partial charge in [0.15, 0.2) is 29.4 Å². The van der Waals surface area contributed by atoms with Crippen LogP contribution in [0.5, 0.6) is 5.75 Å². The Morgan fingerprint density at radius 1 is 1.38 bits per heavy atom. The van der Waals surface area contributed by atoms with Gasteiger partial charge in [-0.15, -0.1) is 11.6 Å². The van der Waals surface area contributed by atoms with Crippen LogP contribution in [-0.2, 0) is 30.6 Å². The van der Waals surface area contributed by atoms with Crippen molar-refractivity contribution in [1.82, 2.24) is 24.6 Å². The van der Waals surface area contributed by atoms with Crippen molar-refractivity contribution in [2.45, 2.75) is 44.0 Å². The van der Waals surface area contributed by atoms with Crippen LogP contribution in [0.4, 0.5) is 10.2 Å². The van der Waals surface area contributed by atoms with Gasteiger partial charge in [0, 0.05) is 7.05 Å². The Kier molecular flexibility index (Phi) is 9.06. The van der Waals surface area contributed by atoms with E-state index in [2.05, 4.69) is 25.4 Å². The van der Waals surface area contributed by atoms with Crippen LogP contribution < -0.4 is 14.9 Å². The molecule has 39 heavy (non-hydrogen) atoms. The van der Waals surface area contributed by atoms with Crippen LogP contribution in [0.3, 0.4) is 0 Å². The summed E-state index contributed by atoms with van der Waals surface area (Å²) in [6, 6.07) is 7.69. The summed E-state index contributed by atoms with van der Waals surface area (Å²) < 4.78 is 39.8. The molecule has 1 fully saturated rings. The monoisotopic (exact) mass is 602 g/mol. The summed E-state index contributed by atoms with van der Waals surface area (Å²) >= 11 is 11.9. The number of nitrogens with one attached hydrogen (secondary N) is 2. The Balaban J connectivity index is 1.62. The van der Waals surface area contributed by atoms with Gasteiger partial charge >= 0.3 is 12.6 Å². The van der Waals surface area contributed by atoms with E-state index >= 15 is 4.39 Å². The molecule has 2 aromatic heterocycles. The highest BCUT2D eigenvalue weighted by molar-refractivity contribution is 8.09. The van der Waals surface area contributed by atoms with Crippen molar-refractivity contribution in [2.75, 3.05) is 32.0 Å². The summed E-state index contributed by atoms with van der Waals surface area (Å²) in [5, 5.41) is 16.8. The smallest absolute Gasteiger partial charge is 0.323 e.